The molecule has 1 atom stereocenters. The summed E-state index contributed by atoms with van der Waals surface area (Å²) < 4.78 is 10.7. The Balaban J connectivity index is 1.87. The van der Waals surface area contributed by atoms with Crippen LogP contribution >= 0.6 is 0 Å². The fraction of sp³-hybridized carbons (Fsp3) is 0.579. The average molecular weight is 344 g/mol. The van der Waals surface area contributed by atoms with E-state index in [2.05, 4.69) is 23.2 Å². The van der Waals surface area contributed by atoms with Crippen molar-refractivity contribution in [1.29, 1.82) is 5.26 Å². The third-order valence-corrected chi connectivity index (χ3v) is 4.20. The molecule has 0 radical (unpaired) electrons. The summed E-state index contributed by atoms with van der Waals surface area (Å²) in [6.07, 6.45) is 1.12. The first-order chi connectivity index (χ1) is 12.3. The molecule has 6 heteroatoms. The summed E-state index contributed by atoms with van der Waals surface area (Å²) in [6.45, 7) is 7.57. The van der Waals surface area contributed by atoms with Crippen LogP contribution in [0.4, 0.5) is 0 Å². The molecule has 25 heavy (non-hydrogen) atoms. The molecule has 1 aliphatic heterocycles. The van der Waals surface area contributed by atoms with Crippen LogP contribution in [0.5, 0.6) is 0 Å². The molecule has 1 N–H and O–H groups in total. The minimum Gasteiger partial charge on any atom is -0.382 e. The molecule has 0 bridgehead atoms. The van der Waals surface area contributed by atoms with E-state index in [4.69, 9.17) is 19.7 Å². The van der Waals surface area contributed by atoms with Crippen molar-refractivity contribution in [2.45, 2.75) is 19.9 Å². The Morgan fingerprint density at radius 2 is 2.16 bits per heavy atom. The van der Waals surface area contributed by atoms with Gasteiger partial charge in [-0.05, 0) is 31.0 Å². The van der Waals surface area contributed by atoms with Gasteiger partial charge in [0.15, 0.2) is 5.96 Å². The Morgan fingerprint density at radius 1 is 1.36 bits per heavy atom. The number of nitriles is 1. The molecule has 6 nitrogen and oxygen atoms in total. The van der Waals surface area contributed by atoms with E-state index in [1.807, 2.05) is 24.3 Å². The molecule has 1 saturated heterocycles. The Kier molecular flexibility index (Phi) is 8.23. The van der Waals surface area contributed by atoms with E-state index >= 15 is 0 Å². The number of hydrogen-bond acceptors (Lipinski definition) is 4. The summed E-state index contributed by atoms with van der Waals surface area (Å²) in [5.41, 5.74) is 1.78. The number of nitrogens with zero attached hydrogens (tertiary/aromatic N) is 3. The second-order valence-corrected chi connectivity index (χ2v) is 6.15. The molecule has 1 fully saturated rings. The van der Waals surface area contributed by atoms with Gasteiger partial charge in [-0.25, -0.2) is 4.99 Å². The van der Waals surface area contributed by atoms with Gasteiger partial charge in [-0.2, -0.15) is 5.26 Å². The number of ether oxygens (including phenoxy) is 2. The first-order valence-corrected chi connectivity index (χ1v) is 8.85. The van der Waals surface area contributed by atoms with Crippen LogP contribution in [0.25, 0.3) is 0 Å². The van der Waals surface area contributed by atoms with E-state index in [0.29, 0.717) is 31.2 Å². The maximum atomic E-state index is 8.87. The molecule has 0 amide bonds. The number of nitrogens with one attached hydrogen (secondary N) is 1. The number of benzene rings is 1. The van der Waals surface area contributed by atoms with Crippen molar-refractivity contribution in [3.8, 4) is 6.07 Å². The summed E-state index contributed by atoms with van der Waals surface area (Å²) in [5, 5.41) is 12.2. The van der Waals surface area contributed by atoms with Gasteiger partial charge >= 0.3 is 0 Å². The van der Waals surface area contributed by atoms with Crippen molar-refractivity contribution in [2.24, 2.45) is 10.9 Å². The lowest BCUT2D eigenvalue weighted by Crippen LogP contribution is -2.40. The van der Waals surface area contributed by atoms with Crippen molar-refractivity contribution in [3.63, 3.8) is 0 Å². The van der Waals surface area contributed by atoms with Crippen molar-refractivity contribution in [2.75, 3.05) is 46.6 Å². The SMILES string of the molecule is CCNC(=NCc1ccc(C#N)cc1)N1CCC(COCCOC)C1. The monoisotopic (exact) mass is 344 g/mol. The molecule has 1 aromatic rings. The van der Waals surface area contributed by atoms with E-state index in [-0.39, 0.29) is 0 Å². The molecular formula is C19H28N4O2. The van der Waals surface area contributed by atoms with Gasteiger partial charge in [-0.3, -0.25) is 0 Å². The largest absolute Gasteiger partial charge is 0.382 e. The number of hydrogen-bond donors (Lipinski definition) is 1. The summed E-state index contributed by atoms with van der Waals surface area (Å²) in [7, 11) is 1.69. The third kappa shape index (κ3) is 6.37. The standard InChI is InChI=1S/C19H28N4O2/c1-3-21-19(22-13-17-6-4-16(12-20)5-7-17)23-9-8-18(14-23)15-25-11-10-24-2/h4-7,18H,3,8-11,13-15H2,1-2H3,(H,21,22). The maximum Gasteiger partial charge on any atom is 0.194 e. The molecular weight excluding hydrogens is 316 g/mol. The number of aliphatic imine (C=N–C) groups is 1. The number of rotatable bonds is 8. The van der Waals surface area contributed by atoms with Crippen LogP contribution in [0.15, 0.2) is 29.3 Å². The van der Waals surface area contributed by atoms with Crippen LogP contribution in [0, 0.1) is 17.2 Å². The van der Waals surface area contributed by atoms with Crippen LogP contribution < -0.4 is 5.32 Å². The van der Waals surface area contributed by atoms with Crippen LogP contribution in [0.1, 0.15) is 24.5 Å². The molecule has 0 aliphatic carbocycles. The van der Waals surface area contributed by atoms with Gasteiger partial charge in [0.25, 0.3) is 0 Å². The molecule has 136 valence electrons. The Hall–Kier alpha value is -2.10. The highest BCUT2D eigenvalue weighted by atomic mass is 16.5. The second-order valence-electron chi connectivity index (χ2n) is 6.15. The van der Waals surface area contributed by atoms with Crippen LogP contribution in [-0.2, 0) is 16.0 Å². The summed E-state index contributed by atoms with van der Waals surface area (Å²) in [5.74, 6) is 1.49. The number of likely N-dealkylation sites (tertiary alicyclic amines) is 1. The van der Waals surface area contributed by atoms with Crippen LogP contribution in [-0.4, -0.2) is 57.4 Å². The van der Waals surface area contributed by atoms with E-state index in [9.17, 15) is 0 Å². The topological polar surface area (TPSA) is 69.9 Å². The minimum absolute atomic E-state index is 0.538. The summed E-state index contributed by atoms with van der Waals surface area (Å²) in [4.78, 5) is 7.06. The van der Waals surface area contributed by atoms with Crippen molar-refractivity contribution < 1.29 is 9.47 Å². The summed E-state index contributed by atoms with van der Waals surface area (Å²) in [6, 6.07) is 9.73. The van der Waals surface area contributed by atoms with Crippen molar-refractivity contribution in [1.82, 2.24) is 10.2 Å². The normalized spacial score (nSPS) is 17.6. The van der Waals surface area contributed by atoms with E-state index < -0.39 is 0 Å². The molecule has 1 aliphatic rings. The number of guanidine groups is 1. The van der Waals surface area contributed by atoms with Crippen molar-refractivity contribution in [3.05, 3.63) is 35.4 Å². The zero-order valence-electron chi connectivity index (χ0n) is 15.2. The summed E-state index contributed by atoms with van der Waals surface area (Å²) >= 11 is 0. The number of methoxy groups -OCH3 is 1. The van der Waals surface area contributed by atoms with Crippen molar-refractivity contribution >= 4 is 5.96 Å². The van der Waals surface area contributed by atoms with Gasteiger partial charge in [0.2, 0.25) is 0 Å². The molecule has 0 spiro atoms. The molecule has 2 rings (SSSR count). The quantitative estimate of drug-likeness (QED) is 0.444. The Morgan fingerprint density at radius 3 is 2.84 bits per heavy atom. The zero-order valence-corrected chi connectivity index (χ0v) is 15.2. The smallest absolute Gasteiger partial charge is 0.194 e. The molecule has 1 heterocycles. The lowest BCUT2D eigenvalue weighted by molar-refractivity contribution is 0.0536. The van der Waals surface area contributed by atoms with E-state index in [1.165, 1.54) is 0 Å². The molecule has 0 saturated carbocycles. The van der Waals surface area contributed by atoms with Gasteiger partial charge in [0, 0.05) is 32.7 Å². The lowest BCUT2D eigenvalue weighted by Gasteiger charge is -2.21. The van der Waals surface area contributed by atoms with Gasteiger partial charge in [-0.15, -0.1) is 0 Å². The van der Waals surface area contributed by atoms with Crippen LogP contribution in [0.3, 0.4) is 0 Å². The lowest BCUT2D eigenvalue weighted by atomic mass is 10.1. The zero-order chi connectivity index (χ0) is 17.9. The van der Waals surface area contributed by atoms with Gasteiger partial charge in [0.1, 0.15) is 0 Å². The first kappa shape index (κ1) is 19.2. The van der Waals surface area contributed by atoms with Gasteiger partial charge < -0.3 is 19.7 Å². The fourth-order valence-corrected chi connectivity index (χ4v) is 2.83. The maximum absolute atomic E-state index is 8.87. The molecule has 0 aromatic heterocycles. The fourth-order valence-electron chi connectivity index (χ4n) is 2.83. The Labute approximate surface area is 150 Å². The van der Waals surface area contributed by atoms with Crippen LogP contribution in [0.2, 0.25) is 0 Å². The minimum atomic E-state index is 0.538. The highest BCUT2D eigenvalue weighted by molar-refractivity contribution is 5.80. The predicted molar refractivity (Wildman–Crippen MR) is 98.3 cm³/mol. The first-order valence-electron chi connectivity index (χ1n) is 8.85. The average Bonchev–Trinajstić information content (AvgIpc) is 3.11. The Bertz CT molecular complexity index is 580. The molecule has 1 unspecified atom stereocenters. The van der Waals surface area contributed by atoms with Gasteiger partial charge in [-0.1, -0.05) is 12.1 Å². The highest BCUT2D eigenvalue weighted by Crippen LogP contribution is 2.17. The van der Waals surface area contributed by atoms with E-state index in [0.717, 1.165) is 44.2 Å². The van der Waals surface area contributed by atoms with Gasteiger partial charge in [0.05, 0.1) is 38.0 Å². The highest BCUT2D eigenvalue weighted by Gasteiger charge is 2.24. The molecule has 1 aromatic carbocycles. The predicted octanol–water partition coefficient (Wildman–Crippen LogP) is 2.01. The second kappa shape index (κ2) is 10.7. The van der Waals surface area contributed by atoms with E-state index in [1.54, 1.807) is 7.11 Å². The third-order valence-electron chi connectivity index (χ3n) is 4.20.